The second-order valence-corrected chi connectivity index (χ2v) is 12.8. The van der Waals surface area contributed by atoms with Crippen LogP contribution >= 0.6 is 0 Å². The molecule has 10 nitrogen and oxygen atoms in total. The number of benzene rings is 4. The lowest BCUT2D eigenvalue weighted by Gasteiger charge is -2.25. The van der Waals surface area contributed by atoms with Crippen molar-refractivity contribution in [3.8, 4) is 17.2 Å². The number of halogens is 3. The number of aryl methyl sites for hydroxylation is 1. The zero-order valence-corrected chi connectivity index (χ0v) is 30.4. The van der Waals surface area contributed by atoms with Gasteiger partial charge in [0.2, 0.25) is 5.91 Å². The summed E-state index contributed by atoms with van der Waals surface area (Å²) in [5.74, 6) is -0.846. The second kappa shape index (κ2) is 19.6. The van der Waals surface area contributed by atoms with Gasteiger partial charge in [0.15, 0.2) is 6.29 Å². The molecule has 13 heteroatoms. The summed E-state index contributed by atoms with van der Waals surface area (Å²) < 4.78 is 57.0. The Kier molecular flexibility index (Phi) is 15.0. The van der Waals surface area contributed by atoms with Gasteiger partial charge in [0, 0.05) is 17.8 Å². The van der Waals surface area contributed by atoms with Gasteiger partial charge in [-0.25, -0.2) is 4.79 Å². The van der Waals surface area contributed by atoms with Crippen LogP contribution in [0.4, 0.5) is 18.9 Å². The minimum atomic E-state index is -4.69. The van der Waals surface area contributed by atoms with Crippen molar-refractivity contribution >= 4 is 23.5 Å². The summed E-state index contributed by atoms with van der Waals surface area (Å²) in [6.45, 7) is 3.95. The first-order valence-electron chi connectivity index (χ1n) is 17.6. The first-order valence-corrected chi connectivity index (χ1v) is 17.6. The van der Waals surface area contributed by atoms with Gasteiger partial charge in [-0.1, -0.05) is 50.8 Å². The van der Waals surface area contributed by atoms with Crippen LogP contribution in [0.25, 0.3) is 0 Å². The van der Waals surface area contributed by atoms with Crippen LogP contribution in [0.15, 0.2) is 84.9 Å². The lowest BCUT2D eigenvalue weighted by molar-refractivity contribution is -0.138. The first-order chi connectivity index (χ1) is 25.8. The van der Waals surface area contributed by atoms with Crippen LogP contribution in [0, 0.1) is 6.92 Å². The predicted octanol–water partition coefficient (Wildman–Crippen LogP) is 7.73. The normalized spacial score (nSPS) is 11.3. The number of unbranched alkanes of at least 4 members (excludes halogenated alkanes) is 4. The van der Waals surface area contributed by atoms with Gasteiger partial charge in [0.25, 0.3) is 5.91 Å². The van der Waals surface area contributed by atoms with E-state index in [-0.39, 0.29) is 34.9 Å². The molecule has 0 bridgehead atoms. The van der Waals surface area contributed by atoms with E-state index in [0.717, 1.165) is 18.9 Å². The van der Waals surface area contributed by atoms with E-state index in [1.54, 1.807) is 55.5 Å². The van der Waals surface area contributed by atoms with Crippen molar-refractivity contribution in [2.24, 2.45) is 0 Å². The van der Waals surface area contributed by atoms with Crippen LogP contribution in [0.5, 0.6) is 17.2 Å². The molecule has 0 unspecified atom stereocenters. The number of ether oxygens (including phenoxy) is 3. The Morgan fingerprint density at radius 1 is 0.833 bits per heavy atom. The van der Waals surface area contributed by atoms with E-state index in [9.17, 15) is 37.8 Å². The summed E-state index contributed by atoms with van der Waals surface area (Å²) in [6, 6.07) is 20.8. The molecule has 0 heterocycles. The van der Waals surface area contributed by atoms with E-state index in [1.165, 1.54) is 61.6 Å². The van der Waals surface area contributed by atoms with Gasteiger partial charge in [0.05, 0.1) is 37.8 Å². The lowest BCUT2D eigenvalue weighted by atomic mass is 10.0. The molecule has 0 aromatic heterocycles. The van der Waals surface area contributed by atoms with Gasteiger partial charge in [-0.2, -0.15) is 13.2 Å². The Bertz CT molecular complexity index is 1860. The van der Waals surface area contributed by atoms with Crippen LogP contribution in [-0.4, -0.2) is 59.4 Å². The van der Waals surface area contributed by atoms with Crippen molar-refractivity contribution in [1.29, 1.82) is 0 Å². The van der Waals surface area contributed by atoms with Gasteiger partial charge in [-0.05, 0) is 96.8 Å². The molecule has 0 aliphatic heterocycles. The minimum Gasteiger partial charge on any atom is -0.497 e. The number of aliphatic hydroxyl groups is 2. The number of carbonyl (C=O) groups excluding carboxylic acids is 3. The SMILES string of the molecule is CCCCCCCOc1ccc(C(=O)Oc2ccc(CN(CC(O)O)C(=O)c3ccc(NC(=O)Cc4ccc(OC)cc4C(F)(F)F)cc3C)cc2)cc1. The largest absolute Gasteiger partial charge is 0.497 e. The summed E-state index contributed by atoms with van der Waals surface area (Å²) in [7, 11) is 1.25. The molecule has 0 aliphatic carbocycles. The molecule has 0 fully saturated rings. The van der Waals surface area contributed by atoms with Crippen molar-refractivity contribution in [1.82, 2.24) is 4.90 Å². The molecule has 0 spiro atoms. The van der Waals surface area contributed by atoms with E-state index in [4.69, 9.17) is 14.2 Å². The number of alkyl halides is 3. The molecule has 0 saturated heterocycles. The lowest BCUT2D eigenvalue weighted by Crippen LogP contribution is -2.37. The van der Waals surface area contributed by atoms with Gasteiger partial charge < -0.3 is 34.6 Å². The van der Waals surface area contributed by atoms with Crippen molar-refractivity contribution in [2.75, 3.05) is 25.6 Å². The number of hydrogen-bond acceptors (Lipinski definition) is 8. The summed E-state index contributed by atoms with van der Waals surface area (Å²) in [6.07, 6.45) is -1.43. The Morgan fingerprint density at radius 2 is 1.50 bits per heavy atom. The average Bonchev–Trinajstić information content (AvgIpc) is 3.13. The molecule has 4 rings (SSSR count). The highest BCUT2D eigenvalue weighted by Gasteiger charge is 2.34. The number of aliphatic hydroxyl groups excluding tert-OH is 1. The molecule has 2 amide bonds. The van der Waals surface area contributed by atoms with Crippen LogP contribution < -0.4 is 19.5 Å². The van der Waals surface area contributed by atoms with Crippen molar-refractivity contribution in [3.05, 3.63) is 118 Å². The molecule has 0 radical (unpaired) electrons. The Morgan fingerprint density at radius 3 is 2.13 bits per heavy atom. The average molecular weight is 751 g/mol. The molecule has 4 aromatic carbocycles. The van der Waals surface area contributed by atoms with Crippen LogP contribution in [0.3, 0.4) is 0 Å². The van der Waals surface area contributed by atoms with E-state index < -0.39 is 48.8 Å². The summed E-state index contributed by atoms with van der Waals surface area (Å²) >= 11 is 0. The van der Waals surface area contributed by atoms with Gasteiger partial charge in [-0.15, -0.1) is 0 Å². The Labute approximate surface area is 312 Å². The fourth-order valence-corrected chi connectivity index (χ4v) is 5.68. The molecule has 288 valence electrons. The fraction of sp³-hybridized carbons (Fsp3) is 0.341. The fourth-order valence-electron chi connectivity index (χ4n) is 5.68. The molecule has 0 aliphatic rings. The smallest absolute Gasteiger partial charge is 0.416 e. The number of amides is 2. The number of esters is 1. The molecule has 0 atom stereocenters. The quantitative estimate of drug-likeness (QED) is 0.0408. The third-order valence-electron chi connectivity index (χ3n) is 8.50. The summed E-state index contributed by atoms with van der Waals surface area (Å²) in [5, 5.41) is 22.1. The van der Waals surface area contributed by atoms with Crippen LogP contribution in [-0.2, 0) is 23.9 Å². The molecule has 4 aromatic rings. The van der Waals surface area contributed by atoms with Crippen molar-refractivity contribution < 1.29 is 52.0 Å². The van der Waals surface area contributed by atoms with Gasteiger partial charge in [0.1, 0.15) is 17.2 Å². The van der Waals surface area contributed by atoms with Crippen LogP contribution in [0.1, 0.15) is 82.0 Å². The molecule has 0 saturated carbocycles. The topological polar surface area (TPSA) is 135 Å². The summed E-state index contributed by atoms with van der Waals surface area (Å²) in [5.41, 5.74) is 0.638. The van der Waals surface area contributed by atoms with Crippen molar-refractivity contribution in [3.63, 3.8) is 0 Å². The zero-order chi connectivity index (χ0) is 39.3. The minimum absolute atomic E-state index is 0.00919. The second-order valence-electron chi connectivity index (χ2n) is 12.8. The summed E-state index contributed by atoms with van der Waals surface area (Å²) in [4.78, 5) is 40.3. The number of carbonyl (C=O) groups is 3. The Hall–Kier alpha value is -5.40. The molecular formula is C41H45F3N2O8. The maximum atomic E-state index is 13.6. The zero-order valence-electron chi connectivity index (χ0n) is 30.4. The number of hydrogen-bond donors (Lipinski definition) is 3. The van der Waals surface area contributed by atoms with E-state index in [0.29, 0.717) is 29.0 Å². The number of methoxy groups -OCH3 is 1. The number of nitrogens with one attached hydrogen (secondary N) is 1. The third-order valence-corrected chi connectivity index (χ3v) is 8.50. The van der Waals surface area contributed by atoms with Crippen LogP contribution in [0.2, 0.25) is 0 Å². The van der Waals surface area contributed by atoms with Crippen molar-refractivity contribution in [2.45, 2.75) is 71.4 Å². The molecule has 3 N–H and O–H groups in total. The molecule has 54 heavy (non-hydrogen) atoms. The molecular weight excluding hydrogens is 705 g/mol. The number of anilines is 1. The van der Waals surface area contributed by atoms with E-state index in [2.05, 4.69) is 12.2 Å². The highest BCUT2D eigenvalue weighted by atomic mass is 19.4. The highest BCUT2D eigenvalue weighted by molar-refractivity contribution is 5.97. The number of nitrogens with zero attached hydrogens (tertiary/aromatic N) is 1. The van der Waals surface area contributed by atoms with Gasteiger partial charge in [-0.3, -0.25) is 9.59 Å². The van der Waals surface area contributed by atoms with E-state index in [1.807, 2.05) is 0 Å². The van der Waals surface area contributed by atoms with E-state index >= 15 is 0 Å². The highest BCUT2D eigenvalue weighted by Crippen LogP contribution is 2.35. The number of rotatable bonds is 18. The monoisotopic (exact) mass is 750 g/mol. The maximum Gasteiger partial charge on any atom is 0.416 e. The maximum absolute atomic E-state index is 13.6. The Balaban J connectivity index is 1.35. The first kappa shape index (κ1) is 41.4. The third kappa shape index (κ3) is 12.3. The predicted molar refractivity (Wildman–Crippen MR) is 197 cm³/mol. The van der Waals surface area contributed by atoms with Gasteiger partial charge >= 0.3 is 12.1 Å². The standard InChI is InChI=1S/C41H45F3N2O8/c1-4-5-6-7-8-21-53-32-17-11-29(12-18-32)40(51)54-33-15-9-28(10-16-33)25-46(26-38(48)49)39(50)35-20-14-31(22-27(35)2)45-37(47)23-30-13-19-34(52-3)24-36(30)41(42,43)44/h9-20,22,24,38,48-49H,4-8,21,23,25-26H2,1-3H3,(H,45,47).